The minimum atomic E-state index is 0.619. The van der Waals surface area contributed by atoms with E-state index in [2.05, 4.69) is 20.6 Å². The summed E-state index contributed by atoms with van der Waals surface area (Å²) in [5, 5.41) is 7.18. The van der Waals surface area contributed by atoms with Crippen molar-refractivity contribution in [2.45, 2.75) is 6.92 Å². The Morgan fingerprint density at radius 2 is 1.62 bits per heavy atom. The number of methoxy groups -OCH3 is 2. The third-order valence-electron chi connectivity index (χ3n) is 3.87. The fraction of sp³-hybridized carbons (Fsp3) is 0.158. The number of ether oxygens (including phenoxy) is 2. The second-order valence-electron chi connectivity index (χ2n) is 5.52. The number of hydrogen-bond acceptors (Lipinski definition) is 6. The lowest BCUT2D eigenvalue weighted by Gasteiger charge is -2.13. The number of nitrogens with zero attached hydrogens (tertiary/aromatic N) is 2. The molecule has 2 N–H and O–H groups in total. The molecule has 0 aliphatic heterocycles. The van der Waals surface area contributed by atoms with E-state index in [1.54, 1.807) is 20.3 Å². The summed E-state index contributed by atoms with van der Waals surface area (Å²) >= 11 is 6.17. The smallest absolute Gasteiger partial charge is 0.142 e. The highest BCUT2D eigenvalue weighted by Gasteiger charge is 2.08. The molecule has 134 valence electrons. The number of halogens is 1. The molecule has 0 bridgehead atoms. The van der Waals surface area contributed by atoms with Gasteiger partial charge in [-0.1, -0.05) is 17.7 Å². The van der Waals surface area contributed by atoms with Gasteiger partial charge in [-0.05, 0) is 36.8 Å². The molecule has 0 unspecified atom stereocenters. The van der Waals surface area contributed by atoms with Crippen molar-refractivity contribution < 1.29 is 9.47 Å². The van der Waals surface area contributed by atoms with Crippen molar-refractivity contribution in [2.24, 2.45) is 0 Å². The molecule has 1 aromatic heterocycles. The van der Waals surface area contributed by atoms with Crippen LogP contribution < -0.4 is 20.1 Å². The van der Waals surface area contributed by atoms with Crippen LogP contribution in [0.15, 0.2) is 48.8 Å². The molecule has 7 heteroatoms. The molecule has 0 saturated heterocycles. The minimum Gasteiger partial charge on any atom is -0.497 e. The van der Waals surface area contributed by atoms with Crippen LogP contribution in [0.2, 0.25) is 5.02 Å². The summed E-state index contributed by atoms with van der Waals surface area (Å²) in [5.41, 5.74) is 2.59. The molecule has 0 saturated carbocycles. The quantitative estimate of drug-likeness (QED) is 0.640. The lowest BCUT2D eigenvalue weighted by Crippen LogP contribution is -2.01. The number of anilines is 4. The number of benzene rings is 2. The van der Waals surface area contributed by atoms with Gasteiger partial charge in [0.05, 0.1) is 19.9 Å². The largest absolute Gasteiger partial charge is 0.497 e. The van der Waals surface area contributed by atoms with Gasteiger partial charge in [-0.2, -0.15) is 0 Å². The van der Waals surface area contributed by atoms with E-state index in [1.807, 2.05) is 43.3 Å². The summed E-state index contributed by atoms with van der Waals surface area (Å²) in [6, 6.07) is 13.0. The highest BCUT2D eigenvalue weighted by atomic mass is 35.5. The maximum atomic E-state index is 6.17. The van der Waals surface area contributed by atoms with Crippen molar-refractivity contribution in [1.29, 1.82) is 0 Å². The van der Waals surface area contributed by atoms with Gasteiger partial charge in [0.1, 0.15) is 29.5 Å². The first-order valence-electron chi connectivity index (χ1n) is 7.94. The maximum absolute atomic E-state index is 6.17. The van der Waals surface area contributed by atoms with Crippen LogP contribution in [-0.2, 0) is 0 Å². The van der Waals surface area contributed by atoms with E-state index >= 15 is 0 Å². The van der Waals surface area contributed by atoms with Crippen molar-refractivity contribution >= 4 is 34.6 Å². The molecule has 2 aromatic carbocycles. The summed E-state index contributed by atoms with van der Waals surface area (Å²) < 4.78 is 10.6. The van der Waals surface area contributed by atoms with Gasteiger partial charge in [-0.3, -0.25) is 0 Å². The summed E-state index contributed by atoms with van der Waals surface area (Å²) in [6.07, 6.45) is 1.48. The Morgan fingerprint density at radius 3 is 2.31 bits per heavy atom. The Balaban J connectivity index is 1.85. The lowest BCUT2D eigenvalue weighted by atomic mass is 10.2. The Bertz CT molecular complexity index is 918. The van der Waals surface area contributed by atoms with Gasteiger partial charge in [0.2, 0.25) is 0 Å². The molecule has 26 heavy (non-hydrogen) atoms. The second kappa shape index (κ2) is 7.93. The van der Waals surface area contributed by atoms with E-state index in [4.69, 9.17) is 21.1 Å². The first-order chi connectivity index (χ1) is 12.6. The van der Waals surface area contributed by atoms with Crippen LogP contribution in [0.5, 0.6) is 11.5 Å². The first-order valence-corrected chi connectivity index (χ1v) is 8.31. The van der Waals surface area contributed by atoms with E-state index in [0.29, 0.717) is 22.4 Å². The van der Waals surface area contributed by atoms with Crippen molar-refractivity contribution in [2.75, 3.05) is 24.9 Å². The van der Waals surface area contributed by atoms with Crippen LogP contribution >= 0.6 is 11.6 Å². The van der Waals surface area contributed by atoms with Crippen molar-refractivity contribution in [3.63, 3.8) is 0 Å². The Hall–Kier alpha value is -2.99. The van der Waals surface area contributed by atoms with Crippen LogP contribution in [0.3, 0.4) is 0 Å². The first kappa shape index (κ1) is 17.8. The van der Waals surface area contributed by atoms with Crippen LogP contribution in [0.25, 0.3) is 0 Å². The third kappa shape index (κ3) is 3.97. The summed E-state index contributed by atoms with van der Waals surface area (Å²) in [7, 11) is 3.23. The predicted molar refractivity (Wildman–Crippen MR) is 104 cm³/mol. The molecule has 3 aromatic rings. The standard InChI is InChI=1S/C19H19ClN4O2/c1-12-14(20)5-4-6-15(12)23-18-10-19(22-11-21-18)24-16-9-13(25-2)7-8-17(16)26-3/h4-11H,1-3H3,(H2,21,22,23,24). The minimum absolute atomic E-state index is 0.619. The van der Waals surface area contributed by atoms with Gasteiger partial charge < -0.3 is 20.1 Å². The molecule has 3 rings (SSSR count). The molecule has 0 fully saturated rings. The zero-order chi connectivity index (χ0) is 18.5. The monoisotopic (exact) mass is 370 g/mol. The van der Waals surface area contributed by atoms with Crippen LogP contribution in [0, 0.1) is 6.92 Å². The summed E-state index contributed by atoms with van der Waals surface area (Å²) in [5.74, 6) is 2.67. The lowest BCUT2D eigenvalue weighted by molar-refractivity contribution is 0.405. The third-order valence-corrected chi connectivity index (χ3v) is 4.28. The zero-order valence-corrected chi connectivity index (χ0v) is 15.5. The molecule has 0 atom stereocenters. The number of aromatic nitrogens is 2. The van der Waals surface area contributed by atoms with Gasteiger partial charge in [0.15, 0.2) is 0 Å². The van der Waals surface area contributed by atoms with Gasteiger partial charge >= 0.3 is 0 Å². The Labute approximate surface area is 157 Å². The summed E-state index contributed by atoms with van der Waals surface area (Å²) in [6.45, 7) is 1.95. The molecule has 0 amide bonds. The van der Waals surface area contributed by atoms with Gasteiger partial charge in [0, 0.05) is 22.8 Å². The molecular formula is C19H19ClN4O2. The van der Waals surface area contributed by atoms with Crippen LogP contribution in [0.1, 0.15) is 5.56 Å². The summed E-state index contributed by atoms with van der Waals surface area (Å²) in [4.78, 5) is 8.52. The molecule has 0 radical (unpaired) electrons. The van der Waals surface area contributed by atoms with Crippen LogP contribution in [-0.4, -0.2) is 24.2 Å². The number of rotatable bonds is 6. The number of hydrogen-bond donors (Lipinski definition) is 2. The maximum Gasteiger partial charge on any atom is 0.142 e. The Kier molecular flexibility index (Phi) is 5.43. The molecule has 0 spiro atoms. The fourth-order valence-electron chi connectivity index (χ4n) is 2.42. The normalized spacial score (nSPS) is 10.3. The number of nitrogens with one attached hydrogen (secondary N) is 2. The zero-order valence-electron chi connectivity index (χ0n) is 14.7. The SMILES string of the molecule is COc1ccc(OC)c(Nc2cc(Nc3cccc(Cl)c3C)ncn2)c1. The van der Waals surface area contributed by atoms with E-state index in [1.165, 1.54) is 6.33 Å². The highest BCUT2D eigenvalue weighted by Crippen LogP contribution is 2.32. The Morgan fingerprint density at radius 1 is 0.885 bits per heavy atom. The van der Waals surface area contributed by atoms with E-state index in [-0.39, 0.29) is 0 Å². The van der Waals surface area contributed by atoms with Crippen molar-refractivity contribution in [1.82, 2.24) is 9.97 Å². The molecule has 0 aliphatic carbocycles. The molecule has 0 aliphatic rings. The van der Waals surface area contributed by atoms with Crippen LogP contribution in [0.4, 0.5) is 23.0 Å². The highest BCUT2D eigenvalue weighted by molar-refractivity contribution is 6.31. The average Bonchev–Trinajstić information content (AvgIpc) is 2.66. The molecule has 6 nitrogen and oxygen atoms in total. The average molecular weight is 371 g/mol. The second-order valence-corrected chi connectivity index (χ2v) is 5.92. The topological polar surface area (TPSA) is 68.3 Å². The van der Waals surface area contributed by atoms with E-state index in [9.17, 15) is 0 Å². The van der Waals surface area contributed by atoms with Gasteiger partial charge in [0.25, 0.3) is 0 Å². The van der Waals surface area contributed by atoms with E-state index in [0.717, 1.165) is 22.7 Å². The predicted octanol–water partition coefficient (Wildman–Crippen LogP) is 4.94. The van der Waals surface area contributed by atoms with Gasteiger partial charge in [-0.15, -0.1) is 0 Å². The van der Waals surface area contributed by atoms with Gasteiger partial charge in [-0.25, -0.2) is 9.97 Å². The van der Waals surface area contributed by atoms with E-state index < -0.39 is 0 Å². The molecular weight excluding hydrogens is 352 g/mol. The fourth-order valence-corrected chi connectivity index (χ4v) is 2.60. The van der Waals surface area contributed by atoms with Crippen molar-refractivity contribution in [3.8, 4) is 11.5 Å². The van der Waals surface area contributed by atoms with Crippen molar-refractivity contribution in [3.05, 3.63) is 59.4 Å². The molecule has 1 heterocycles.